The van der Waals surface area contributed by atoms with Gasteiger partial charge >= 0.3 is 0 Å². The number of nitrogens with zero attached hydrogens (tertiary/aromatic N) is 2. The molecular weight excluding hydrogens is 403 g/mol. The lowest BCUT2D eigenvalue weighted by atomic mass is 9.92. The summed E-state index contributed by atoms with van der Waals surface area (Å²) in [6, 6.07) is 0. The summed E-state index contributed by atoms with van der Waals surface area (Å²) in [5.74, 6) is 1.24. The van der Waals surface area contributed by atoms with Crippen molar-refractivity contribution in [1.82, 2.24) is 9.97 Å². The van der Waals surface area contributed by atoms with Gasteiger partial charge in [0, 0.05) is 32.7 Å². The predicted molar refractivity (Wildman–Crippen MR) is 91.7 cm³/mol. The van der Waals surface area contributed by atoms with Gasteiger partial charge in [-0.2, -0.15) is 0 Å². The largest absolute Gasteiger partial charge is 0.381 e. The van der Waals surface area contributed by atoms with E-state index in [0.29, 0.717) is 36.7 Å². The minimum absolute atomic E-state index is 0.452. The highest BCUT2D eigenvalue weighted by atomic mass is 127. The Morgan fingerprint density at radius 1 is 1.33 bits per heavy atom. The summed E-state index contributed by atoms with van der Waals surface area (Å²) in [6.07, 6.45) is 2.45. The van der Waals surface area contributed by atoms with Crippen molar-refractivity contribution in [1.29, 1.82) is 0 Å². The minimum atomic E-state index is -0.452. The quantitative estimate of drug-likeness (QED) is 0.530. The Morgan fingerprint density at radius 3 is 2.57 bits per heavy atom. The molecule has 0 unspecified atom stereocenters. The van der Waals surface area contributed by atoms with Crippen LogP contribution < -0.4 is 0 Å². The van der Waals surface area contributed by atoms with Crippen molar-refractivity contribution in [3.05, 3.63) is 20.2 Å². The molecule has 1 aliphatic rings. The predicted octanol–water partition coefficient (Wildman–Crippen LogP) is 3.98. The number of hydrogen-bond donors (Lipinski definition) is 0. The van der Waals surface area contributed by atoms with Crippen LogP contribution >= 0.6 is 34.2 Å². The van der Waals surface area contributed by atoms with Gasteiger partial charge in [0.2, 0.25) is 0 Å². The maximum atomic E-state index is 6.34. The molecule has 0 amide bonds. The molecule has 0 bridgehead atoms. The van der Waals surface area contributed by atoms with E-state index in [1.54, 1.807) is 0 Å². The SMILES string of the molecule is CCOC1(c2nc(Cl)c(I)c(CC(C)C)n2)CCOCC1. The van der Waals surface area contributed by atoms with Crippen LogP contribution in [0.15, 0.2) is 0 Å². The summed E-state index contributed by atoms with van der Waals surface area (Å²) in [6.45, 7) is 8.34. The summed E-state index contributed by atoms with van der Waals surface area (Å²) in [7, 11) is 0. The Labute approximate surface area is 145 Å². The van der Waals surface area contributed by atoms with E-state index in [-0.39, 0.29) is 0 Å². The van der Waals surface area contributed by atoms with Crippen molar-refractivity contribution >= 4 is 34.2 Å². The van der Waals surface area contributed by atoms with E-state index in [0.717, 1.165) is 28.5 Å². The van der Waals surface area contributed by atoms with Crippen LogP contribution in [0.5, 0.6) is 0 Å². The number of rotatable bonds is 5. The van der Waals surface area contributed by atoms with E-state index in [1.165, 1.54) is 0 Å². The van der Waals surface area contributed by atoms with E-state index in [2.05, 4.69) is 41.4 Å². The van der Waals surface area contributed by atoms with Gasteiger partial charge in [0.15, 0.2) is 5.82 Å². The molecule has 0 aliphatic carbocycles. The standard InChI is InChI=1S/C15H22ClIN2O2/c1-4-21-15(5-7-20-8-6-15)14-18-11(9-10(2)3)12(17)13(16)19-14/h10H,4-9H2,1-3H3. The summed E-state index contributed by atoms with van der Waals surface area (Å²) in [5.41, 5.74) is 0.568. The lowest BCUT2D eigenvalue weighted by molar-refractivity contribution is -0.118. The van der Waals surface area contributed by atoms with Gasteiger partial charge in [-0.3, -0.25) is 0 Å². The third kappa shape index (κ3) is 4.06. The Balaban J connectivity index is 2.42. The third-order valence-corrected chi connectivity index (χ3v) is 5.34. The second-order valence-electron chi connectivity index (χ2n) is 5.74. The first-order valence-corrected chi connectivity index (χ1v) is 8.88. The van der Waals surface area contributed by atoms with Crippen LogP contribution in [0, 0.1) is 9.49 Å². The number of aromatic nitrogens is 2. The monoisotopic (exact) mass is 424 g/mol. The molecule has 0 spiro atoms. The molecule has 2 heterocycles. The van der Waals surface area contributed by atoms with Crippen LogP contribution in [0.3, 0.4) is 0 Å². The van der Waals surface area contributed by atoms with Crippen LogP contribution in [-0.4, -0.2) is 29.8 Å². The second-order valence-corrected chi connectivity index (χ2v) is 7.17. The van der Waals surface area contributed by atoms with Crippen LogP contribution in [0.25, 0.3) is 0 Å². The summed E-state index contributed by atoms with van der Waals surface area (Å²) in [4.78, 5) is 9.33. The van der Waals surface area contributed by atoms with Gasteiger partial charge in [0.25, 0.3) is 0 Å². The topological polar surface area (TPSA) is 44.2 Å². The molecule has 0 atom stereocenters. The van der Waals surface area contributed by atoms with E-state index in [1.807, 2.05) is 6.92 Å². The van der Waals surface area contributed by atoms with Gasteiger partial charge in [0.1, 0.15) is 10.8 Å². The van der Waals surface area contributed by atoms with Gasteiger partial charge < -0.3 is 9.47 Å². The van der Waals surface area contributed by atoms with Crippen molar-refractivity contribution in [3.63, 3.8) is 0 Å². The number of ether oxygens (including phenoxy) is 2. The molecule has 118 valence electrons. The highest BCUT2D eigenvalue weighted by Crippen LogP contribution is 2.36. The van der Waals surface area contributed by atoms with Crippen molar-refractivity contribution in [2.45, 2.75) is 45.6 Å². The molecule has 2 rings (SSSR count). The number of halogens is 2. The Bertz CT molecular complexity index is 485. The molecule has 1 aliphatic heterocycles. The normalized spacial score (nSPS) is 18.2. The molecular formula is C15H22ClIN2O2. The lowest BCUT2D eigenvalue weighted by Gasteiger charge is -2.35. The molecule has 1 saturated heterocycles. The fraction of sp³-hybridized carbons (Fsp3) is 0.733. The van der Waals surface area contributed by atoms with Crippen LogP contribution in [0.1, 0.15) is 45.1 Å². The Kier molecular flexibility index (Phi) is 6.23. The van der Waals surface area contributed by atoms with Gasteiger partial charge in [-0.1, -0.05) is 25.4 Å². The van der Waals surface area contributed by atoms with E-state index in [4.69, 9.17) is 26.1 Å². The molecule has 1 fully saturated rings. The highest BCUT2D eigenvalue weighted by molar-refractivity contribution is 14.1. The first-order chi connectivity index (χ1) is 9.98. The fourth-order valence-corrected chi connectivity index (χ4v) is 3.25. The second kappa shape index (κ2) is 7.53. The Morgan fingerprint density at radius 2 is 2.00 bits per heavy atom. The molecule has 0 radical (unpaired) electrons. The van der Waals surface area contributed by atoms with Crippen molar-refractivity contribution in [3.8, 4) is 0 Å². The molecule has 21 heavy (non-hydrogen) atoms. The molecule has 6 heteroatoms. The van der Waals surface area contributed by atoms with Gasteiger partial charge in [-0.15, -0.1) is 0 Å². The molecule has 4 nitrogen and oxygen atoms in total. The zero-order valence-corrected chi connectivity index (χ0v) is 15.7. The maximum absolute atomic E-state index is 6.34. The van der Waals surface area contributed by atoms with E-state index >= 15 is 0 Å². The van der Waals surface area contributed by atoms with E-state index in [9.17, 15) is 0 Å². The highest BCUT2D eigenvalue weighted by Gasteiger charge is 2.39. The molecule has 0 saturated carbocycles. The third-order valence-electron chi connectivity index (χ3n) is 3.61. The van der Waals surface area contributed by atoms with Crippen LogP contribution in [0.2, 0.25) is 5.15 Å². The van der Waals surface area contributed by atoms with Gasteiger partial charge in [0.05, 0.1) is 9.26 Å². The average Bonchev–Trinajstić information content (AvgIpc) is 2.44. The van der Waals surface area contributed by atoms with E-state index < -0.39 is 5.60 Å². The minimum Gasteiger partial charge on any atom is -0.381 e. The summed E-state index contributed by atoms with van der Waals surface area (Å²) in [5, 5.41) is 0.529. The summed E-state index contributed by atoms with van der Waals surface area (Å²) < 4.78 is 12.5. The molecule has 0 aromatic carbocycles. The number of hydrogen-bond acceptors (Lipinski definition) is 4. The smallest absolute Gasteiger partial charge is 0.162 e. The first kappa shape index (κ1) is 17.4. The maximum Gasteiger partial charge on any atom is 0.162 e. The zero-order chi connectivity index (χ0) is 15.5. The first-order valence-electron chi connectivity index (χ1n) is 7.42. The summed E-state index contributed by atoms with van der Waals surface area (Å²) >= 11 is 8.57. The van der Waals surface area contributed by atoms with Crippen LogP contribution in [0.4, 0.5) is 0 Å². The fourth-order valence-electron chi connectivity index (χ4n) is 2.60. The average molecular weight is 425 g/mol. The van der Waals surface area contributed by atoms with Gasteiger partial charge in [-0.05, 0) is 41.9 Å². The van der Waals surface area contributed by atoms with Crippen LogP contribution in [-0.2, 0) is 21.5 Å². The molecule has 1 aromatic rings. The lowest BCUT2D eigenvalue weighted by Crippen LogP contribution is -2.38. The Hall–Kier alpha value is 0.0200. The van der Waals surface area contributed by atoms with Crippen molar-refractivity contribution in [2.75, 3.05) is 19.8 Å². The van der Waals surface area contributed by atoms with Crippen molar-refractivity contribution < 1.29 is 9.47 Å². The van der Waals surface area contributed by atoms with Gasteiger partial charge in [-0.25, -0.2) is 9.97 Å². The molecule has 1 aromatic heterocycles. The molecule has 0 N–H and O–H groups in total. The zero-order valence-electron chi connectivity index (χ0n) is 12.8. The van der Waals surface area contributed by atoms with Crippen molar-refractivity contribution in [2.24, 2.45) is 5.92 Å².